The molecule has 1 aliphatic heterocycles. The van der Waals surface area contributed by atoms with Crippen molar-refractivity contribution in [3.63, 3.8) is 0 Å². The molecule has 20 heavy (non-hydrogen) atoms. The zero-order valence-corrected chi connectivity index (χ0v) is 12.6. The average molecular weight is 281 g/mol. The van der Waals surface area contributed by atoms with Gasteiger partial charge in [0.05, 0.1) is 13.0 Å². The predicted octanol–water partition coefficient (Wildman–Crippen LogP) is 2.76. The fourth-order valence-electron chi connectivity index (χ4n) is 3.52. The Labute approximate surface area is 121 Å². The van der Waals surface area contributed by atoms with Crippen LogP contribution < -0.4 is 0 Å². The Balaban J connectivity index is 1.75. The molecule has 1 atom stereocenters. The summed E-state index contributed by atoms with van der Waals surface area (Å²) in [5, 5.41) is 0. The molecule has 0 aromatic carbocycles. The van der Waals surface area contributed by atoms with E-state index in [1.807, 2.05) is 4.90 Å². The highest BCUT2D eigenvalue weighted by atomic mass is 16.5. The van der Waals surface area contributed by atoms with Crippen LogP contribution in [0.5, 0.6) is 0 Å². The van der Waals surface area contributed by atoms with Gasteiger partial charge < -0.3 is 9.64 Å². The van der Waals surface area contributed by atoms with E-state index in [0.29, 0.717) is 13.0 Å². The Morgan fingerprint density at radius 2 is 1.85 bits per heavy atom. The first kappa shape index (κ1) is 15.3. The number of amides is 1. The van der Waals surface area contributed by atoms with Gasteiger partial charge in [0.1, 0.15) is 0 Å². The molecule has 0 spiro atoms. The smallest absolute Gasteiger partial charge is 0.310 e. The minimum absolute atomic E-state index is 0.118. The van der Waals surface area contributed by atoms with Crippen molar-refractivity contribution in [1.82, 2.24) is 4.90 Å². The summed E-state index contributed by atoms with van der Waals surface area (Å²) in [4.78, 5) is 25.7. The molecule has 1 saturated carbocycles. The third-order valence-corrected chi connectivity index (χ3v) is 4.80. The van der Waals surface area contributed by atoms with Crippen LogP contribution in [0.1, 0.15) is 57.8 Å². The third kappa shape index (κ3) is 4.22. The van der Waals surface area contributed by atoms with E-state index in [4.69, 9.17) is 4.74 Å². The number of piperidine rings is 1. The van der Waals surface area contributed by atoms with E-state index < -0.39 is 0 Å². The maximum Gasteiger partial charge on any atom is 0.310 e. The number of rotatable bonds is 4. The summed E-state index contributed by atoms with van der Waals surface area (Å²) in [5.41, 5.74) is 0. The zero-order valence-electron chi connectivity index (χ0n) is 12.6. The molecule has 1 aliphatic carbocycles. The van der Waals surface area contributed by atoms with Crippen LogP contribution in [0.2, 0.25) is 0 Å². The van der Waals surface area contributed by atoms with Crippen molar-refractivity contribution < 1.29 is 14.3 Å². The Kier molecular flexibility index (Phi) is 5.86. The molecule has 4 nitrogen and oxygen atoms in total. The maximum atomic E-state index is 12.3. The number of esters is 1. The standard InChI is InChI=1S/C16H27NO3/c1-20-16(19)14-8-5-11-17(12-14)15(18)10-9-13-6-3-2-4-7-13/h13-14H,2-12H2,1H3. The van der Waals surface area contributed by atoms with E-state index >= 15 is 0 Å². The number of carbonyl (C=O) groups excluding carboxylic acids is 2. The van der Waals surface area contributed by atoms with Gasteiger partial charge in [-0.1, -0.05) is 32.1 Å². The number of likely N-dealkylation sites (tertiary alicyclic amines) is 1. The summed E-state index contributed by atoms with van der Waals surface area (Å²) in [5.74, 6) is 0.681. The van der Waals surface area contributed by atoms with Crippen molar-refractivity contribution in [3.05, 3.63) is 0 Å². The molecule has 4 heteroatoms. The van der Waals surface area contributed by atoms with Crippen molar-refractivity contribution in [3.8, 4) is 0 Å². The van der Waals surface area contributed by atoms with Gasteiger partial charge in [-0.25, -0.2) is 0 Å². The first-order valence-electron chi connectivity index (χ1n) is 8.06. The number of hydrogen-bond donors (Lipinski definition) is 0. The predicted molar refractivity (Wildman–Crippen MR) is 77.1 cm³/mol. The molecule has 0 radical (unpaired) electrons. The molecule has 1 heterocycles. The van der Waals surface area contributed by atoms with E-state index in [0.717, 1.165) is 31.7 Å². The van der Waals surface area contributed by atoms with Gasteiger partial charge in [0.15, 0.2) is 0 Å². The summed E-state index contributed by atoms with van der Waals surface area (Å²) >= 11 is 0. The molecule has 0 aromatic heterocycles. The summed E-state index contributed by atoms with van der Waals surface area (Å²) in [6.07, 6.45) is 10.0. The van der Waals surface area contributed by atoms with E-state index in [-0.39, 0.29) is 17.8 Å². The topological polar surface area (TPSA) is 46.6 Å². The summed E-state index contributed by atoms with van der Waals surface area (Å²) in [6, 6.07) is 0. The van der Waals surface area contributed by atoms with Gasteiger partial charge in [-0.3, -0.25) is 9.59 Å². The molecule has 1 saturated heterocycles. The molecule has 2 fully saturated rings. The fourth-order valence-corrected chi connectivity index (χ4v) is 3.52. The highest BCUT2D eigenvalue weighted by Crippen LogP contribution is 2.28. The Bertz CT molecular complexity index is 337. The second kappa shape index (κ2) is 7.65. The van der Waals surface area contributed by atoms with E-state index in [2.05, 4.69) is 0 Å². The zero-order chi connectivity index (χ0) is 14.4. The van der Waals surface area contributed by atoms with E-state index in [1.54, 1.807) is 0 Å². The summed E-state index contributed by atoms with van der Waals surface area (Å²) in [6.45, 7) is 1.35. The van der Waals surface area contributed by atoms with Crippen LogP contribution in [0.3, 0.4) is 0 Å². The second-order valence-corrected chi connectivity index (χ2v) is 6.24. The second-order valence-electron chi connectivity index (χ2n) is 6.24. The van der Waals surface area contributed by atoms with Crippen molar-refractivity contribution in [2.75, 3.05) is 20.2 Å². The Morgan fingerprint density at radius 3 is 2.55 bits per heavy atom. The maximum absolute atomic E-state index is 12.3. The quantitative estimate of drug-likeness (QED) is 0.744. The number of methoxy groups -OCH3 is 1. The van der Waals surface area contributed by atoms with Crippen molar-refractivity contribution in [2.45, 2.75) is 57.8 Å². The Hall–Kier alpha value is -1.06. The van der Waals surface area contributed by atoms with Crippen LogP contribution in [-0.4, -0.2) is 37.0 Å². The molecule has 114 valence electrons. The van der Waals surface area contributed by atoms with Gasteiger partial charge in [0, 0.05) is 19.5 Å². The van der Waals surface area contributed by atoms with E-state index in [1.165, 1.54) is 39.2 Å². The normalized spacial score (nSPS) is 24.4. The fraction of sp³-hybridized carbons (Fsp3) is 0.875. The van der Waals surface area contributed by atoms with Gasteiger partial charge in [0.2, 0.25) is 5.91 Å². The van der Waals surface area contributed by atoms with Gasteiger partial charge in [-0.05, 0) is 25.2 Å². The van der Waals surface area contributed by atoms with Crippen LogP contribution >= 0.6 is 0 Å². The molecule has 0 aromatic rings. The molecular weight excluding hydrogens is 254 g/mol. The van der Waals surface area contributed by atoms with Crippen molar-refractivity contribution in [1.29, 1.82) is 0 Å². The lowest BCUT2D eigenvalue weighted by Crippen LogP contribution is -2.42. The SMILES string of the molecule is COC(=O)C1CCCN(C(=O)CCC2CCCCC2)C1. The molecule has 0 N–H and O–H groups in total. The molecule has 2 rings (SSSR count). The molecule has 1 unspecified atom stereocenters. The third-order valence-electron chi connectivity index (χ3n) is 4.80. The molecule has 0 bridgehead atoms. The van der Waals surface area contributed by atoms with E-state index in [9.17, 15) is 9.59 Å². The minimum Gasteiger partial charge on any atom is -0.469 e. The molecule has 2 aliphatic rings. The first-order valence-corrected chi connectivity index (χ1v) is 8.06. The van der Waals surface area contributed by atoms with Gasteiger partial charge >= 0.3 is 5.97 Å². The summed E-state index contributed by atoms with van der Waals surface area (Å²) < 4.78 is 4.80. The van der Waals surface area contributed by atoms with Crippen LogP contribution in [0.25, 0.3) is 0 Å². The Morgan fingerprint density at radius 1 is 1.10 bits per heavy atom. The van der Waals surface area contributed by atoms with Crippen LogP contribution in [-0.2, 0) is 14.3 Å². The van der Waals surface area contributed by atoms with Crippen molar-refractivity contribution in [2.24, 2.45) is 11.8 Å². The number of nitrogens with zero attached hydrogens (tertiary/aromatic N) is 1. The lowest BCUT2D eigenvalue weighted by atomic mass is 9.86. The minimum atomic E-state index is -0.171. The number of ether oxygens (including phenoxy) is 1. The first-order chi connectivity index (χ1) is 9.70. The van der Waals surface area contributed by atoms with Crippen LogP contribution in [0.4, 0.5) is 0 Å². The lowest BCUT2D eigenvalue weighted by Gasteiger charge is -2.32. The number of hydrogen-bond acceptors (Lipinski definition) is 3. The number of carbonyl (C=O) groups is 2. The molecule has 1 amide bonds. The monoisotopic (exact) mass is 281 g/mol. The van der Waals surface area contributed by atoms with Crippen LogP contribution in [0.15, 0.2) is 0 Å². The van der Waals surface area contributed by atoms with Gasteiger partial charge in [0.25, 0.3) is 0 Å². The highest BCUT2D eigenvalue weighted by molar-refractivity contribution is 5.78. The summed E-state index contributed by atoms with van der Waals surface area (Å²) in [7, 11) is 1.42. The van der Waals surface area contributed by atoms with Gasteiger partial charge in [-0.15, -0.1) is 0 Å². The highest BCUT2D eigenvalue weighted by Gasteiger charge is 2.29. The largest absolute Gasteiger partial charge is 0.469 e. The lowest BCUT2D eigenvalue weighted by molar-refractivity contribution is -0.149. The van der Waals surface area contributed by atoms with Gasteiger partial charge in [-0.2, -0.15) is 0 Å². The van der Waals surface area contributed by atoms with Crippen LogP contribution in [0, 0.1) is 11.8 Å². The average Bonchev–Trinajstić information content (AvgIpc) is 2.53. The van der Waals surface area contributed by atoms with Crippen molar-refractivity contribution >= 4 is 11.9 Å². The molecular formula is C16H27NO3.